The number of benzene rings is 1. The molecule has 6 heteroatoms. The van der Waals surface area contributed by atoms with Gasteiger partial charge in [0.15, 0.2) is 11.0 Å². The molecule has 0 saturated carbocycles. The predicted octanol–water partition coefficient (Wildman–Crippen LogP) is 2.51. The Balaban J connectivity index is 1.87. The van der Waals surface area contributed by atoms with Crippen molar-refractivity contribution in [2.75, 3.05) is 5.75 Å². The lowest BCUT2D eigenvalue weighted by Crippen LogP contribution is -2.30. The minimum absolute atomic E-state index is 0.246. The molecule has 0 saturated heterocycles. The van der Waals surface area contributed by atoms with Gasteiger partial charge in [0, 0.05) is 11.6 Å². The van der Waals surface area contributed by atoms with Gasteiger partial charge in [-0.25, -0.2) is 4.98 Å². The average molecular weight is 314 g/mol. The van der Waals surface area contributed by atoms with Gasteiger partial charge in [-0.2, -0.15) is 0 Å². The first-order valence-corrected chi connectivity index (χ1v) is 8.55. The van der Waals surface area contributed by atoms with Crippen molar-refractivity contribution in [3.05, 3.63) is 30.6 Å². The number of para-hydroxylation sites is 1. The Morgan fingerprint density at radius 2 is 2.05 bits per heavy atom. The molecular weight excluding hydrogens is 296 g/mol. The van der Waals surface area contributed by atoms with Crippen LogP contribution in [0.1, 0.15) is 32.6 Å². The van der Waals surface area contributed by atoms with E-state index in [2.05, 4.69) is 22.0 Å². The smallest absolute Gasteiger partial charge is 0.312 e. The van der Waals surface area contributed by atoms with Gasteiger partial charge in [0.05, 0.1) is 5.39 Å². The van der Waals surface area contributed by atoms with Crippen molar-refractivity contribution >= 4 is 28.2 Å². The summed E-state index contributed by atoms with van der Waals surface area (Å²) in [5.74, 6) is 0.691. The number of hydrogen-bond donors (Lipinski definition) is 0. The third-order valence-corrected chi connectivity index (χ3v) is 4.44. The predicted molar refractivity (Wildman–Crippen MR) is 84.8 cm³/mol. The summed E-state index contributed by atoms with van der Waals surface area (Å²) in [5.41, 5.74) is 1.27. The monoisotopic (exact) mass is 314 g/mol. The summed E-state index contributed by atoms with van der Waals surface area (Å²) in [7, 11) is 0. The summed E-state index contributed by atoms with van der Waals surface area (Å²) < 4.78 is 1.55. The number of rotatable bonds is 6. The summed E-state index contributed by atoms with van der Waals surface area (Å²) in [6, 6.07) is 7.54. The van der Waals surface area contributed by atoms with Crippen molar-refractivity contribution in [3.63, 3.8) is 0 Å². The van der Waals surface area contributed by atoms with Crippen LogP contribution in [0, 0.1) is 0 Å². The highest BCUT2D eigenvalue weighted by atomic mass is 32.2. The molecule has 3 rings (SSSR count). The third kappa shape index (κ3) is 3.11. The molecule has 0 N–H and O–H groups in total. The summed E-state index contributed by atoms with van der Waals surface area (Å²) >= 11 is 1.53. The third-order valence-electron chi connectivity index (χ3n) is 3.52. The Hall–Kier alpha value is -1.95. The first kappa shape index (κ1) is 15.0. The van der Waals surface area contributed by atoms with Gasteiger partial charge in [0.25, 0.3) is 0 Å². The molecule has 0 bridgehead atoms. The topological polar surface area (TPSA) is 65.8 Å². The van der Waals surface area contributed by atoms with Crippen molar-refractivity contribution in [2.45, 2.75) is 37.8 Å². The molecule has 3 aromatic rings. The Morgan fingerprint density at radius 1 is 1.18 bits per heavy atom. The van der Waals surface area contributed by atoms with Gasteiger partial charge >= 0.3 is 6.33 Å². The molecule has 5 nitrogen and oxygen atoms in total. The first-order chi connectivity index (χ1) is 10.8. The van der Waals surface area contributed by atoms with E-state index in [0.717, 1.165) is 23.1 Å². The molecule has 114 valence electrons. The van der Waals surface area contributed by atoms with Crippen LogP contribution in [0.2, 0.25) is 0 Å². The fraction of sp³-hybridized carbons (Fsp3) is 0.375. The lowest BCUT2D eigenvalue weighted by Gasteiger charge is -2.08. The molecule has 0 radical (unpaired) electrons. The van der Waals surface area contributed by atoms with Crippen LogP contribution in [0.3, 0.4) is 0 Å². The zero-order valence-electron chi connectivity index (χ0n) is 12.5. The van der Waals surface area contributed by atoms with E-state index in [1.54, 1.807) is 10.8 Å². The van der Waals surface area contributed by atoms with Gasteiger partial charge in [-0.3, -0.25) is 0 Å². The van der Waals surface area contributed by atoms with Crippen molar-refractivity contribution < 1.29 is 9.62 Å². The van der Waals surface area contributed by atoms with Crippen molar-refractivity contribution in [1.82, 2.24) is 15.1 Å². The van der Waals surface area contributed by atoms with E-state index in [-0.39, 0.29) is 5.88 Å². The zero-order chi connectivity index (χ0) is 15.4. The van der Waals surface area contributed by atoms with E-state index in [0.29, 0.717) is 10.7 Å². The Bertz CT molecular complexity index is 794. The standard InChI is InChI=1S/C16H18N4OS/c1-2-3-4-7-10-22-16-18-15(21)14-12-8-5-6-9-13(12)17-11-20(14)19-16/h5-6,8-9,11H,2-4,7,10H2,1H3. The summed E-state index contributed by atoms with van der Waals surface area (Å²) in [6.45, 7) is 2.19. The summed E-state index contributed by atoms with van der Waals surface area (Å²) in [4.78, 5) is 8.45. The molecule has 0 aliphatic heterocycles. The number of thioether (sulfide) groups is 1. The Morgan fingerprint density at radius 3 is 2.91 bits per heavy atom. The van der Waals surface area contributed by atoms with Crippen LogP contribution >= 0.6 is 11.8 Å². The molecule has 0 spiro atoms. The molecule has 2 aromatic heterocycles. The van der Waals surface area contributed by atoms with Gasteiger partial charge in [-0.15, -0.1) is 0 Å². The van der Waals surface area contributed by atoms with E-state index in [1.807, 2.05) is 24.3 Å². The minimum atomic E-state index is -0.246. The Labute approximate surface area is 133 Å². The molecule has 22 heavy (non-hydrogen) atoms. The van der Waals surface area contributed by atoms with E-state index < -0.39 is 0 Å². The van der Waals surface area contributed by atoms with Gasteiger partial charge in [0.1, 0.15) is 0 Å². The zero-order valence-corrected chi connectivity index (χ0v) is 13.3. The normalized spacial score (nSPS) is 11.3. The molecule has 0 amide bonds. The second-order valence-electron chi connectivity index (χ2n) is 5.16. The van der Waals surface area contributed by atoms with Crippen molar-refractivity contribution in [3.8, 4) is 5.88 Å². The van der Waals surface area contributed by atoms with Crippen LogP contribution in [0.4, 0.5) is 0 Å². The molecule has 0 aliphatic rings. The highest BCUT2D eigenvalue weighted by Gasteiger charge is 2.13. The number of nitrogens with zero attached hydrogens (tertiary/aromatic N) is 4. The van der Waals surface area contributed by atoms with Crippen LogP contribution in [-0.4, -0.2) is 20.8 Å². The number of hydrogen-bond acceptors (Lipinski definition) is 5. The lowest BCUT2D eigenvalue weighted by molar-refractivity contribution is -0.591. The molecule has 2 heterocycles. The van der Waals surface area contributed by atoms with Crippen LogP contribution in [0.5, 0.6) is 5.88 Å². The lowest BCUT2D eigenvalue weighted by atomic mass is 10.2. The summed E-state index contributed by atoms with van der Waals surface area (Å²) in [5, 5.41) is 18.1. The Kier molecular flexibility index (Phi) is 4.68. The largest absolute Gasteiger partial charge is 0.856 e. The minimum Gasteiger partial charge on any atom is -0.856 e. The average Bonchev–Trinajstić information content (AvgIpc) is 2.54. The van der Waals surface area contributed by atoms with Gasteiger partial charge in [-0.05, 0) is 23.5 Å². The van der Waals surface area contributed by atoms with Crippen molar-refractivity contribution in [1.29, 1.82) is 0 Å². The van der Waals surface area contributed by atoms with E-state index in [4.69, 9.17) is 0 Å². The second-order valence-corrected chi connectivity index (χ2v) is 6.23. The molecular formula is C16H18N4OS. The SMILES string of the molecule is CCCCCCSc1nc([O-])c2c3ccccc3nc[n+]2n1. The molecule has 1 aromatic carbocycles. The van der Waals surface area contributed by atoms with Gasteiger partial charge in [-0.1, -0.05) is 59.7 Å². The fourth-order valence-corrected chi connectivity index (χ4v) is 3.21. The molecule has 0 fully saturated rings. The maximum atomic E-state index is 12.3. The maximum absolute atomic E-state index is 12.3. The number of aromatic nitrogens is 4. The van der Waals surface area contributed by atoms with Crippen LogP contribution in [0.25, 0.3) is 16.4 Å². The maximum Gasteiger partial charge on any atom is 0.312 e. The number of fused-ring (bicyclic) bond motifs is 3. The van der Waals surface area contributed by atoms with Gasteiger partial charge < -0.3 is 5.11 Å². The van der Waals surface area contributed by atoms with Gasteiger partial charge in [0.2, 0.25) is 5.16 Å². The van der Waals surface area contributed by atoms with Crippen molar-refractivity contribution in [2.24, 2.45) is 0 Å². The van der Waals surface area contributed by atoms with E-state index in [1.165, 1.54) is 31.0 Å². The quantitative estimate of drug-likeness (QED) is 0.303. The molecule has 0 atom stereocenters. The first-order valence-electron chi connectivity index (χ1n) is 7.57. The van der Waals surface area contributed by atoms with E-state index in [9.17, 15) is 5.11 Å². The number of unbranched alkanes of at least 4 members (excludes halogenated alkanes) is 3. The van der Waals surface area contributed by atoms with Crippen LogP contribution in [-0.2, 0) is 0 Å². The molecule has 0 unspecified atom stereocenters. The van der Waals surface area contributed by atoms with E-state index >= 15 is 0 Å². The summed E-state index contributed by atoms with van der Waals surface area (Å²) in [6.07, 6.45) is 6.38. The highest BCUT2D eigenvalue weighted by Crippen LogP contribution is 2.21. The second kappa shape index (κ2) is 6.87. The van der Waals surface area contributed by atoms with Crippen LogP contribution in [0.15, 0.2) is 35.7 Å². The molecule has 0 aliphatic carbocycles. The fourth-order valence-electron chi connectivity index (χ4n) is 2.38. The van der Waals surface area contributed by atoms with Crippen LogP contribution < -0.4 is 9.62 Å². The highest BCUT2D eigenvalue weighted by molar-refractivity contribution is 7.99.